The number of anilines is 1. The molecule has 0 saturated heterocycles. The van der Waals surface area contributed by atoms with Gasteiger partial charge < -0.3 is 15.2 Å². The largest absolute Gasteiger partial charge is 0.478 e. The van der Waals surface area contributed by atoms with Crippen LogP contribution in [0.4, 0.5) is 5.69 Å². The fourth-order valence-electron chi connectivity index (χ4n) is 3.25. The number of aromatic carboxylic acids is 1. The lowest BCUT2D eigenvalue weighted by Gasteiger charge is -2.21. The number of carbonyl (C=O) groups is 2. The summed E-state index contributed by atoms with van der Waals surface area (Å²) in [5.41, 5.74) is 3.60. The minimum Gasteiger partial charge on any atom is -0.478 e. The second-order valence-electron chi connectivity index (χ2n) is 6.75. The van der Waals surface area contributed by atoms with Gasteiger partial charge in [-0.3, -0.25) is 4.79 Å². The molecule has 3 aromatic rings. The molecule has 0 bridgehead atoms. The summed E-state index contributed by atoms with van der Waals surface area (Å²) in [5.74, 6) is -0.595. The molecule has 0 aromatic heterocycles. The van der Waals surface area contributed by atoms with E-state index >= 15 is 0 Å². The van der Waals surface area contributed by atoms with Crippen LogP contribution in [0.2, 0.25) is 0 Å². The van der Waals surface area contributed by atoms with Gasteiger partial charge in [-0.25, -0.2) is 4.79 Å². The Morgan fingerprint density at radius 1 is 0.897 bits per heavy atom. The minimum absolute atomic E-state index is 0.160. The highest BCUT2D eigenvalue weighted by Gasteiger charge is 2.27. The predicted octanol–water partition coefficient (Wildman–Crippen LogP) is 4.41. The van der Waals surface area contributed by atoms with E-state index in [1.165, 1.54) is 12.1 Å². The molecule has 0 amide bonds. The van der Waals surface area contributed by atoms with Gasteiger partial charge in [0.05, 0.1) is 5.56 Å². The maximum absolute atomic E-state index is 13.2. The summed E-state index contributed by atoms with van der Waals surface area (Å²) in [5, 5.41) is 12.2. The fraction of sp³-hybridized carbons (Fsp3) is 0.0833. The molecule has 2 N–H and O–H groups in total. The number of carboxylic acid groups (broad SMARTS) is 1. The van der Waals surface area contributed by atoms with Crippen LogP contribution in [-0.4, -0.2) is 23.1 Å². The Bertz CT molecular complexity index is 1070. The van der Waals surface area contributed by atoms with Gasteiger partial charge in [-0.05, 0) is 53.6 Å². The van der Waals surface area contributed by atoms with Gasteiger partial charge in [0.25, 0.3) is 0 Å². The van der Waals surface area contributed by atoms with Crippen molar-refractivity contribution in [2.24, 2.45) is 0 Å². The lowest BCUT2D eigenvalue weighted by atomic mass is 10.1. The van der Waals surface area contributed by atoms with E-state index in [9.17, 15) is 9.59 Å². The molecule has 1 aliphatic carbocycles. The van der Waals surface area contributed by atoms with Crippen molar-refractivity contribution in [2.75, 3.05) is 5.32 Å². The maximum Gasteiger partial charge on any atom is 0.335 e. The Balaban J connectivity index is 1.58. The Morgan fingerprint density at radius 3 is 2.28 bits per heavy atom. The molecule has 5 nitrogen and oxygen atoms in total. The van der Waals surface area contributed by atoms with Crippen molar-refractivity contribution in [3.05, 3.63) is 101 Å². The van der Waals surface area contributed by atoms with E-state index in [1.54, 1.807) is 24.3 Å². The number of carbonyl (C=O) groups excluding carboxylic acids is 1. The summed E-state index contributed by atoms with van der Waals surface area (Å²) in [6.45, 7) is 0. The molecule has 0 heterocycles. The van der Waals surface area contributed by atoms with E-state index in [0.717, 1.165) is 11.1 Å². The highest BCUT2D eigenvalue weighted by molar-refractivity contribution is 6.05. The Hall–Kier alpha value is -3.86. The number of ether oxygens (including phenoxy) is 1. The summed E-state index contributed by atoms with van der Waals surface area (Å²) < 4.78 is 5.95. The normalized spacial score (nSPS) is 13.2. The molecular formula is C24H19NO4. The second-order valence-corrected chi connectivity index (χ2v) is 6.75. The molecule has 29 heavy (non-hydrogen) atoms. The molecule has 144 valence electrons. The molecule has 1 atom stereocenters. The van der Waals surface area contributed by atoms with Crippen molar-refractivity contribution < 1.29 is 19.4 Å². The zero-order valence-electron chi connectivity index (χ0n) is 15.5. The van der Waals surface area contributed by atoms with E-state index in [4.69, 9.17) is 9.84 Å². The van der Waals surface area contributed by atoms with E-state index in [0.29, 0.717) is 23.4 Å². The van der Waals surface area contributed by atoms with Crippen LogP contribution in [0.15, 0.2) is 84.4 Å². The number of rotatable bonds is 7. The van der Waals surface area contributed by atoms with Gasteiger partial charge in [0.15, 0.2) is 0 Å². The number of hydrogen-bond donors (Lipinski definition) is 2. The highest BCUT2D eigenvalue weighted by atomic mass is 16.5. The number of fused-ring (bicyclic) bond motifs is 1. The summed E-state index contributed by atoms with van der Waals surface area (Å²) in [6, 6.07) is 23.2. The quantitative estimate of drug-likeness (QED) is 0.589. The van der Waals surface area contributed by atoms with E-state index < -0.39 is 12.2 Å². The molecule has 1 aliphatic rings. The number of para-hydroxylation sites is 1. The fourth-order valence-corrected chi connectivity index (χ4v) is 3.25. The van der Waals surface area contributed by atoms with E-state index in [2.05, 4.69) is 5.32 Å². The van der Waals surface area contributed by atoms with Crippen LogP contribution in [0.25, 0.3) is 6.08 Å². The van der Waals surface area contributed by atoms with Crippen LogP contribution < -0.4 is 10.1 Å². The average Bonchev–Trinajstić information content (AvgIpc) is 3.18. The van der Waals surface area contributed by atoms with Crippen molar-refractivity contribution in [1.29, 1.82) is 0 Å². The zero-order valence-corrected chi connectivity index (χ0v) is 15.5. The van der Waals surface area contributed by atoms with Gasteiger partial charge in [-0.15, -0.1) is 0 Å². The Kier molecular flexibility index (Phi) is 5.12. The van der Waals surface area contributed by atoms with Crippen molar-refractivity contribution in [3.63, 3.8) is 0 Å². The van der Waals surface area contributed by atoms with Gasteiger partial charge in [-0.2, -0.15) is 0 Å². The van der Waals surface area contributed by atoms with Gasteiger partial charge in [0.1, 0.15) is 5.75 Å². The van der Waals surface area contributed by atoms with Crippen LogP contribution in [-0.2, 0) is 11.2 Å². The lowest BCUT2D eigenvalue weighted by molar-refractivity contribution is -0.120. The van der Waals surface area contributed by atoms with Gasteiger partial charge in [0.2, 0.25) is 12.0 Å². The third-order valence-electron chi connectivity index (χ3n) is 4.75. The molecule has 1 unspecified atom stereocenters. The Labute approximate surface area is 168 Å². The minimum atomic E-state index is -1.00. The second kappa shape index (κ2) is 8.02. The zero-order chi connectivity index (χ0) is 20.2. The molecule has 0 spiro atoms. The molecule has 0 fully saturated rings. The van der Waals surface area contributed by atoms with Crippen molar-refractivity contribution in [3.8, 4) is 5.75 Å². The molecule has 3 aromatic carbocycles. The lowest BCUT2D eigenvalue weighted by Crippen LogP contribution is -2.36. The number of hydrogen-bond acceptors (Lipinski definition) is 4. The first kappa shape index (κ1) is 18.5. The monoisotopic (exact) mass is 385 g/mol. The SMILES string of the molecule is O=C(O)c1ccc(NC(Oc2ccccc2)C(=O)C2=Cc3ccccc3C2)cc1. The van der Waals surface area contributed by atoms with Gasteiger partial charge in [0, 0.05) is 17.7 Å². The molecule has 0 aliphatic heterocycles. The summed E-state index contributed by atoms with van der Waals surface area (Å²) in [6.07, 6.45) is 1.52. The molecule has 4 rings (SSSR count). The highest BCUT2D eigenvalue weighted by Crippen LogP contribution is 2.27. The van der Waals surface area contributed by atoms with Gasteiger partial charge >= 0.3 is 5.97 Å². The first-order chi connectivity index (χ1) is 14.1. The van der Waals surface area contributed by atoms with E-state index in [-0.39, 0.29) is 11.3 Å². The third-order valence-corrected chi connectivity index (χ3v) is 4.75. The standard InChI is InChI=1S/C24H19NO4/c26-22(19-14-17-6-4-5-7-18(17)15-19)23(29-21-8-2-1-3-9-21)25-20-12-10-16(11-13-20)24(27)28/h1-14,23,25H,15H2,(H,27,28). The van der Waals surface area contributed by atoms with Crippen molar-refractivity contribution >= 4 is 23.5 Å². The van der Waals surface area contributed by atoms with Crippen LogP contribution in [0.3, 0.4) is 0 Å². The van der Waals surface area contributed by atoms with Crippen LogP contribution >= 0.6 is 0 Å². The molecule has 5 heteroatoms. The number of nitrogens with one attached hydrogen (secondary N) is 1. The summed E-state index contributed by atoms with van der Waals surface area (Å²) in [4.78, 5) is 24.3. The number of Topliss-reactive ketones (excluding diaryl/α,β-unsaturated/α-hetero) is 1. The maximum atomic E-state index is 13.2. The van der Waals surface area contributed by atoms with E-state index in [1.807, 2.05) is 48.5 Å². The average molecular weight is 385 g/mol. The first-order valence-corrected chi connectivity index (χ1v) is 9.24. The smallest absolute Gasteiger partial charge is 0.335 e. The Morgan fingerprint density at radius 2 is 1.59 bits per heavy atom. The third kappa shape index (κ3) is 4.19. The molecular weight excluding hydrogens is 366 g/mol. The predicted molar refractivity (Wildman–Crippen MR) is 111 cm³/mol. The van der Waals surface area contributed by atoms with Crippen LogP contribution in [0, 0.1) is 0 Å². The van der Waals surface area contributed by atoms with Crippen LogP contribution in [0.5, 0.6) is 5.75 Å². The van der Waals surface area contributed by atoms with Gasteiger partial charge in [-0.1, -0.05) is 42.5 Å². The van der Waals surface area contributed by atoms with Crippen molar-refractivity contribution in [1.82, 2.24) is 0 Å². The van der Waals surface area contributed by atoms with Crippen LogP contribution in [0.1, 0.15) is 21.5 Å². The summed E-state index contributed by atoms with van der Waals surface area (Å²) in [7, 11) is 0. The number of benzene rings is 3. The van der Waals surface area contributed by atoms with Crippen molar-refractivity contribution in [2.45, 2.75) is 12.6 Å². The molecule has 0 radical (unpaired) electrons. The first-order valence-electron chi connectivity index (χ1n) is 9.24. The number of carboxylic acids is 1. The molecule has 0 saturated carbocycles. The topological polar surface area (TPSA) is 75.6 Å². The number of ketones is 1. The summed E-state index contributed by atoms with van der Waals surface area (Å²) >= 11 is 0.